The molecule has 0 radical (unpaired) electrons. The average molecular weight is 303 g/mol. The van der Waals surface area contributed by atoms with Crippen molar-refractivity contribution in [2.24, 2.45) is 23.7 Å². The van der Waals surface area contributed by atoms with Gasteiger partial charge >= 0.3 is 0 Å². The third kappa shape index (κ3) is 1.82. The Hall–Kier alpha value is -1.81. The van der Waals surface area contributed by atoms with Gasteiger partial charge in [-0.3, -0.25) is 14.5 Å². The van der Waals surface area contributed by atoms with Crippen LogP contribution >= 0.6 is 11.6 Å². The number of halogens is 1. The topological polar surface area (TPSA) is 49.4 Å². The fraction of sp³-hybridized carbons (Fsp3) is 0.375. The molecule has 2 fully saturated rings. The van der Waals surface area contributed by atoms with Crippen molar-refractivity contribution in [3.63, 3.8) is 0 Å². The second-order valence-electron chi connectivity index (χ2n) is 5.92. The minimum Gasteiger partial charge on any atom is -0.366 e. The summed E-state index contributed by atoms with van der Waals surface area (Å²) in [5.41, 5.74) is 0.734. The fourth-order valence-electron chi connectivity index (χ4n) is 3.89. The predicted molar refractivity (Wildman–Crippen MR) is 79.5 cm³/mol. The van der Waals surface area contributed by atoms with Crippen molar-refractivity contribution in [2.45, 2.75) is 6.42 Å². The van der Waals surface area contributed by atoms with Gasteiger partial charge in [0.1, 0.15) is 0 Å². The van der Waals surface area contributed by atoms with E-state index in [2.05, 4.69) is 17.5 Å². The van der Waals surface area contributed by atoms with Crippen LogP contribution in [0.3, 0.4) is 0 Å². The lowest BCUT2D eigenvalue weighted by molar-refractivity contribution is -0.140. The third-order valence-electron chi connectivity index (χ3n) is 4.86. The summed E-state index contributed by atoms with van der Waals surface area (Å²) in [6.45, 7) is 0.188. The predicted octanol–water partition coefficient (Wildman–Crippen LogP) is 2.52. The number of benzene rings is 1. The van der Waals surface area contributed by atoms with Crippen LogP contribution < -0.4 is 5.32 Å². The quantitative estimate of drug-likeness (QED) is 0.689. The van der Waals surface area contributed by atoms with E-state index in [1.165, 1.54) is 4.90 Å². The monoisotopic (exact) mass is 302 g/mol. The van der Waals surface area contributed by atoms with Crippen LogP contribution in [0.2, 0.25) is 5.02 Å². The summed E-state index contributed by atoms with van der Waals surface area (Å²) in [5.74, 6) is 0.146. The number of carbonyl (C=O) groups is 2. The minimum atomic E-state index is -0.138. The van der Waals surface area contributed by atoms with E-state index >= 15 is 0 Å². The SMILES string of the molecule is O=C1[C@@H]2[C@H](C(=O)N1CNc1ccccc1Cl)[C@@H]1C=C[C@@H]2C1. The first-order valence-electron chi connectivity index (χ1n) is 7.19. The summed E-state index contributed by atoms with van der Waals surface area (Å²) in [7, 11) is 0. The summed E-state index contributed by atoms with van der Waals surface area (Å²) >= 11 is 6.07. The van der Waals surface area contributed by atoms with Crippen molar-refractivity contribution >= 4 is 29.1 Å². The van der Waals surface area contributed by atoms with Gasteiger partial charge in [-0.2, -0.15) is 0 Å². The first-order valence-corrected chi connectivity index (χ1v) is 7.56. The lowest BCUT2D eigenvalue weighted by atomic mass is 9.85. The number of amides is 2. The molecule has 21 heavy (non-hydrogen) atoms. The average Bonchev–Trinajstić information content (AvgIpc) is 3.14. The molecule has 1 aliphatic heterocycles. The van der Waals surface area contributed by atoms with Crippen LogP contribution in [-0.4, -0.2) is 23.4 Å². The maximum Gasteiger partial charge on any atom is 0.235 e. The number of rotatable bonds is 3. The number of likely N-dealkylation sites (tertiary alicyclic amines) is 1. The third-order valence-corrected chi connectivity index (χ3v) is 5.19. The summed E-state index contributed by atoms with van der Waals surface area (Å²) in [6.07, 6.45) is 5.16. The first kappa shape index (κ1) is 12.9. The van der Waals surface area contributed by atoms with E-state index in [9.17, 15) is 9.59 Å². The standard InChI is InChI=1S/C16H15ClN2O2/c17-11-3-1-2-4-12(11)18-8-19-15(20)13-9-5-6-10(7-9)14(13)16(19)21/h1-6,9-10,13-14,18H,7-8H2/t9-,10-,13-,14+/m1/s1. The highest BCUT2D eigenvalue weighted by Gasteiger charge is 2.59. The zero-order chi connectivity index (χ0) is 14.6. The molecule has 4 rings (SSSR count). The highest BCUT2D eigenvalue weighted by molar-refractivity contribution is 6.33. The summed E-state index contributed by atoms with van der Waals surface area (Å²) < 4.78 is 0. The lowest BCUT2D eigenvalue weighted by Crippen LogP contribution is -2.37. The van der Waals surface area contributed by atoms with E-state index in [4.69, 9.17) is 11.6 Å². The molecular formula is C16H15ClN2O2. The number of nitrogens with zero attached hydrogens (tertiary/aromatic N) is 1. The van der Waals surface area contributed by atoms with Gasteiger partial charge in [0.2, 0.25) is 11.8 Å². The number of imide groups is 1. The number of nitrogens with one attached hydrogen (secondary N) is 1. The van der Waals surface area contributed by atoms with Gasteiger partial charge in [0.25, 0.3) is 0 Å². The van der Waals surface area contributed by atoms with E-state index in [1.807, 2.05) is 18.2 Å². The summed E-state index contributed by atoms with van der Waals surface area (Å²) in [4.78, 5) is 26.3. The number of para-hydroxylation sites is 1. The van der Waals surface area contributed by atoms with Crippen molar-refractivity contribution in [3.8, 4) is 0 Å². The molecule has 1 N–H and O–H groups in total. The number of hydrogen-bond acceptors (Lipinski definition) is 3. The molecule has 2 amide bonds. The molecule has 108 valence electrons. The highest BCUT2D eigenvalue weighted by Crippen LogP contribution is 2.52. The van der Waals surface area contributed by atoms with Gasteiger partial charge in [0.15, 0.2) is 0 Å². The fourth-order valence-corrected chi connectivity index (χ4v) is 4.09. The van der Waals surface area contributed by atoms with Gasteiger partial charge < -0.3 is 5.32 Å². The van der Waals surface area contributed by atoms with Crippen molar-refractivity contribution < 1.29 is 9.59 Å². The molecule has 0 spiro atoms. The molecule has 1 saturated carbocycles. The molecule has 1 saturated heterocycles. The zero-order valence-electron chi connectivity index (χ0n) is 11.3. The van der Waals surface area contributed by atoms with E-state index in [0.717, 1.165) is 12.1 Å². The Morgan fingerprint density at radius 1 is 1.10 bits per heavy atom. The Morgan fingerprint density at radius 3 is 2.33 bits per heavy atom. The van der Waals surface area contributed by atoms with Crippen molar-refractivity contribution in [2.75, 3.05) is 12.0 Å². The molecule has 5 heteroatoms. The maximum atomic E-state index is 12.5. The van der Waals surface area contributed by atoms with E-state index in [-0.39, 0.29) is 42.2 Å². The van der Waals surface area contributed by atoms with Crippen LogP contribution in [0.1, 0.15) is 6.42 Å². The Bertz CT molecular complexity index is 627. The van der Waals surface area contributed by atoms with Gasteiger partial charge in [-0.1, -0.05) is 35.9 Å². The van der Waals surface area contributed by atoms with Gasteiger partial charge in [-0.15, -0.1) is 0 Å². The van der Waals surface area contributed by atoms with Crippen molar-refractivity contribution in [1.29, 1.82) is 0 Å². The van der Waals surface area contributed by atoms with Gasteiger partial charge in [-0.05, 0) is 30.4 Å². The van der Waals surface area contributed by atoms with Crippen molar-refractivity contribution in [3.05, 3.63) is 41.4 Å². The Kier molecular flexibility index (Phi) is 2.82. The largest absolute Gasteiger partial charge is 0.366 e. The molecular weight excluding hydrogens is 288 g/mol. The molecule has 2 aliphatic carbocycles. The van der Waals surface area contributed by atoms with Crippen LogP contribution in [0, 0.1) is 23.7 Å². The van der Waals surface area contributed by atoms with Gasteiger partial charge in [0.05, 0.1) is 29.2 Å². The number of carbonyl (C=O) groups excluding carboxylic acids is 2. The molecule has 0 unspecified atom stereocenters. The number of hydrogen-bond donors (Lipinski definition) is 1. The number of fused-ring (bicyclic) bond motifs is 5. The van der Waals surface area contributed by atoms with E-state index in [1.54, 1.807) is 6.07 Å². The summed E-state index contributed by atoms with van der Waals surface area (Å²) in [6, 6.07) is 7.31. The smallest absolute Gasteiger partial charge is 0.235 e. The molecule has 2 bridgehead atoms. The molecule has 0 aromatic heterocycles. The van der Waals surface area contributed by atoms with Gasteiger partial charge in [0, 0.05) is 0 Å². The zero-order valence-corrected chi connectivity index (χ0v) is 12.1. The number of allylic oxidation sites excluding steroid dienone is 2. The second kappa shape index (κ2) is 4.60. The van der Waals surface area contributed by atoms with E-state index < -0.39 is 0 Å². The second-order valence-corrected chi connectivity index (χ2v) is 6.33. The van der Waals surface area contributed by atoms with Gasteiger partial charge in [-0.25, -0.2) is 0 Å². The van der Waals surface area contributed by atoms with Crippen LogP contribution in [0.5, 0.6) is 0 Å². The highest BCUT2D eigenvalue weighted by atomic mass is 35.5. The molecule has 1 heterocycles. The Balaban J connectivity index is 1.51. The molecule has 4 nitrogen and oxygen atoms in total. The molecule has 1 aromatic rings. The lowest BCUT2D eigenvalue weighted by Gasteiger charge is -2.18. The van der Waals surface area contributed by atoms with Crippen molar-refractivity contribution in [1.82, 2.24) is 4.90 Å². The van der Waals surface area contributed by atoms with E-state index in [0.29, 0.717) is 5.02 Å². The minimum absolute atomic E-state index is 0.0404. The Labute approximate surface area is 127 Å². The Morgan fingerprint density at radius 2 is 1.71 bits per heavy atom. The van der Waals surface area contributed by atoms with Crippen LogP contribution in [0.25, 0.3) is 0 Å². The van der Waals surface area contributed by atoms with Crippen LogP contribution in [-0.2, 0) is 9.59 Å². The molecule has 1 aromatic carbocycles. The summed E-state index contributed by atoms with van der Waals surface area (Å²) in [5, 5.41) is 3.67. The molecule has 4 atom stereocenters. The first-order chi connectivity index (χ1) is 10.2. The maximum absolute atomic E-state index is 12.5. The number of anilines is 1. The normalized spacial score (nSPS) is 32.9. The molecule has 3 aliphatic rings. The van der Waals surface area contributed by atoms with Crippen LogP contribution in [0.4, 0.5) is 5.69 Å². The van der Waals surface area contributed by atoms with Crippen LogP contribution in [0.15, 0.2) is 36.4 Å².